The molecule has 30 aromatic rings. The monoisotopic (exact) mass is 1760 g/mol. The summed E-state index contributed by atoms with van der Waals surface area (Å²) >= 11 is 0. The Kier molecular flexibility index (Phi) is 16.9. The Labute approximate surface area is 787 Å². The van der Waals surface area contributed by atoms with Gasteiger partial charge in [0, 0.05) is 121 Å². The van der Waals surface area contributed by atoms with Crippen LogP contribution in [0.15, 0.2) is 458 Å². The summed E-state index contributed by atoms with van der Waals surface area (Å²) in [7, 11) is 0. The third-order valence-corrected chi connectivity index (χ3v) is 28.2. The summed E-state index contributed by atoms with van der Waals surface area (Å²) < 4.78 is 22.5. The topological polar surface area (TPSA) is 123 Å². The molecule has 640 valence electrons. The van der Waals surface area contributed by atoms with E-state index >= 15 is 0 Å². The van der Waals surface area contributed by atoms with E-state index in [0.717, 1.165) is 160 Å². The van der Waals surface area contributed by atoms with Crippen LogP contribution in [0.4, 0.5) is 0 Å². The molecule has 138 heavy (non-hydrogen) atoms. The quantitative estimate of drug-likeness (QED) is 0.124. The number of para-hydroxylation sites is 6. The minimum Gasteiger partial charge on any atom is -0.456 e. The van der Waals surface area contributed by atoms with Crippen molar-refractivity contribution in [1.82, 2.24) is 48.2 Å². The number of aromatic nitrogens is 10. The van der Waals surface area contributed by atoms with Crippen LogP contribution in [0.3, 0.4) is 0 Å². The highest BCUT2D eigenvalue weighted by atomic mass is 16.3. The van der Waals surface area contributed by atoms with Crippen molar-refractivity contribution >= 4 is 196 Å². The van der Waals surface area contributed by atoms with E-state index < -0.39 is 0 Å². The van der Waals surface area contributed by atoms with E-state index in [0.29, 0.717) is 34.9 Å². The molecule has 0 saturated heterocycles. The Morgan fingerprint density at radius 2 is 0.348 bits per heavy atom. The summed E-state index contributed by atoms with van der Waals surface area (Å²) in [4.78, 5) is 30.3. The lowest BCUT2D eigenvalue weighted by molar-refractivity contribution is 0.669. The average Bonchev–Trinajstić information content (AvgIpc) is 1.51. The summed E-state index contributed by atoms with van der Waals surface area (Å²) in [6, 6.07) is 160. The Morgan fingerprint density at radius 3 is 0.696 bits per heavy atom. The second kappa shape index (κ2) is 30.4. The van der Waals surface area contributed by atoms with Crippen LogP contribution in [0.1, 0.15) is 0 Å². The molecule has 12 heteroatoms. The molecule has 0 fully saturated rings. The second-order valence-corrected chi connectivity index (χ2v) is 35.9. The summed E-state index contributed by atoms with van der Waals surface area (Å²) in [5.74, 6) is 3.84. The molecular weight excluding hydrogens is 1690 g/mol. The van der Waals surface area contributed by atoms with E-state index in [1.807, 2.05) is 121 Å². The molecule has 0 N–H and O–H groups in total. The molecule has 0 aliphatic carbocycles. The van der Waals surface area contributed by atoms with Crippen LogP contribution in [-0.4, -0.2) is 48.2 Å². The maximum atomic E-state index is 6.39. The maximum Gasteiger partial charge on any atom is 0.164 e. The molecule has 0 radical (unpaired) electrons. The first-order chi connectivity index (χ1) is 68.4. The molecule has 0 atom stereocenters. The highest BCUT2D eigenvalue weighted by molar-refractivity contribution is 6.29. The fourth-order valence-corrected chi connectivity index (χ4v) is 22.0. The van der Waals surface area contributed by atoms with E-state index in [2.05, 4.69) is 346 Å². The summed E-state index contributed by atoms with van der Waals surface area (Å²) in [6.07, 6.45) is 0. The lowest BCUT2D eigenvalue weighted by Crippen LogP contribution is -2.00. The molecule has 0 saturated carbocycles. The predicted molar refractivity (Wildman–Crippen MR) is 569 cm³/mol. The smallest absolute Gasteiger partial charge is 0.164 e. The highest BCUT2D eigenvalue weighted by Gasteiger charge is 2.26. The van der Waals surface area contributed by atoms with E-state index in [1.165, 1.54) is 91.6 Å². The van der Waals surface area contributed by atoms with E-state index in [1.54, 1.807) is 0 Å². The number of nitrogens with zero attached hydrogens (tertiary/aromatic N) is 10. The minimum atomic E-state index is 0.631. The Hall–Kier alpha value is -18.8. The number of benzene rings is 22. The molecule has 22 aromatic carbocycles. The van der Waals surface area contributed by atoms with Crippen molar-refractivity contribution in [1.29, 1.82) is 0 Å². The van der Waals surface area contributed by atoms with Crippen LogP contribution in [-0.2, 0) is 0 Å². The molecule has 0 aliphatic rings. The standard InChI is InChI=1S/2C63H37N5O/c1-3-15-38(16-4-1)61-64-62(39-17-5-2-6-18-39)66-63(65-61)40-27-30-45-46-31-28-41(34-51(46)44-20-8-7-19-43(44)50(45)33-40)67-55-24-12-9-21-47(55)52-35-42(29-32-57(52)67)68-56-25-13-10-22-48(56)53-37-60-54(36-58(53)68)49-23-11-14-26-59(49)69-60;1-3-15-38(16-4-1)61-64-62(39-17-5-2-6-18-39)66-63(65-61)40-27-30-45-43-19-7-8-20-44(43)46-31-28-41(34-51(46)50(45)33-40)67-55-24-12-9-21-47(55)52-35-42(29-32-57(52)67)68-56-25-13-10-22-48(56)53-37-60-54(36-58(53)68)49-23-11-14-26-59(49)69-60/h2*1-37H. The van der Waals surface area contributed by atoms with Crippen LogP contribution in [0.25, 0.3) is 287 Å². The van der Waals surface area contributed by atoms with Crippen molar-refractivity contribution in [3.8, 4) is 91.1 Å². The Morgan fingerprint density at radius 1 is 0.123 bits per heavy atom. The van der Waals surface area contributed by atoms with Crippen molar-refractivity contribution < 1.29 is 8.83 Å². The zero-order valence-electron chi connectivity index (χ0n) is 74.0. The van der Waals surface area contributed by atoms with Gasteiger partial charge >= 0.3 is 0 Å². The van der Waals surface area contributed by atoms with Crippen molar-refractivity contribution in [3.05, 3.63) is 449 Å². The van der Waals surface area contributed by atoms with Crippen LogP contribution in [0, 0.1) is 0 Å². The Bertz CT molecular complexity index is 10200. The van der Waals surface area contributed by atoms with E-state index in [4.69, 9.17) is 38.7 Å². The van der Waals surface area contributed by atoms with Gasteiger partial charge in [-0.2, -0.15) is 0 Å². The molecule has 30 rings (SSSR count). The molecule has 8 aromatic heterocycles. The molecule has 0 unspecified atom stereocenters. The third-order valence-electron chi connectivity index (χ3n) is 28.2. The van der Waals surface area contributed by atoms with Crippen molar-refractivity contribution in [2.75, 3.05) is 0 Å². The SMILES string of the molecule is c1ccc(-c2nc(-c3ccccc3)nc(-c3ccc4c5ccc(-n6c7ccccc7c7cc(-n8c9ccccc9c9cc%10oc%11ccccc%11c%10cc98)ccc76)cc5c5ccccc5c4c3)n2)cc1.c1ccc(-c2nc(-c3ccccc3)nc(-c3ccc4c5ccccc5c5ccc(-n6c7ccccc7c7cc(-n8c9ccccc9c9cc%10oc%11ccccc%11c%10cc98)ccc76)cc5c4c3)n2)cc1. The lowest BCUT2D eigenvalue weighted by Gasteiger charge is -2.15. The first-order valence-corrected chi connectivity index (χ1v) is 46.7. The molecule has 0 aliphatic heterocycles. The zero-order chi connectivity index (χ0) is 90.3. The normalized spacial score (nSPS) is 12.1. The van der Waals surface area contributed by atoms with Crippen LogP contribution < -0.4 is 0 Å². The van der Waals surface area contributed by atoms with Gasteiger partial charge in [-0.3, -0.25) is 0 Å². The molecular formula is C126H74N10O2. The summed E-state index contributed by atoms with van der Waals surface area (Å²) in [5.41, 5.74) is 22.9. The van der Waals surface area contributed by atoms with Gasteiger partial charge in [-0.05, 0) is 198 Å². The van der Waals surface area contributed by atoms with Gasteiger partial charge < -0.3 is 27.1 Å². The Balaban J connectivity index is 0.000000133. The first kappa shape index (κ1) is 76.9. The van der Waals surface area contributed by atoms with Gasteiger partial charge in [0.2, 0.25) is 0 Å². The van der Waals surface area contributed by atoms with Crippen LogP contribution >= 0.6 is 0 Å². The molecule has 0 spiro atoms. The predicted octanol–water partition coefficient (Wildman–Crippen LogP) is 32.9. The van der Waals surface area contributed by atoms with Crippen LogP contribution in [0.2, 0.25) is 0 Å². The lowest BCUT2D eigenvalue weighted by atomic mass is 9.93. The number of hydrogen-bond donors (Lipinski definition) is 0. The van der Waals surface area contributed by atoms with Gasteiger partial charge in [-0.1, -0.05) is 315 Å². The third kappa shape index (κ3) is 12.0. The second-order valence-electron chi connectivity index (χ2n) is 35.9. The largest absolute Gasteiger partial charge is 0.456 e. The molecule has 0 bridgehead atoms. The molecule has 0 amide bonds. The van der Waals surface area contributed by atoms with Gasteiger partial charge in [-0.25, -0.2) is 29.9 Å². The van der Waals surface area contributed by atoms with E-state index in [-0.39, 0.29) is 0 Å². The van der Waals surface area contributed by atoms with Gasteiger partial charge in [0.25, 0.3) is 0 Å². The van der Waals surface area contributed by atoms with Gasteiger partial charge in [0.15, 0.2) is 34.9 Å². The highest BCUT2D eigenvalue weighted by Crippen LogP contribution is 2.48. The van der Waals surface area contributed by atoms with Gasteiger partial charge in [0.05, 0.1) is 44.1 Å². The van der Waals surface area contributed by atoms with Crippen molar-refractivity contribution in [2.45, 2.75) is 0 Å². The first-order valence-electron chi connectivity index (χ1n) is 46.7. The van der Waals surface area contributed by atoms with Crippen LogP contribution in [0.5, 0.6) is 0 Å². The fraction of sp³-hybridized carbons (Fsp3) is 0. The van der Waals surface area contributed by atoms with Crippen molar-refractivity contribution in [2.24, 2.45) is 0 Å². The summed E-state index contributed by atoms with van der Waals surface area (Å²) in [5, 5.41) is 28.2. The number of furan rings is 2. The molecule has 12 nitrogen and oxygen atoms in total. The summed E-state index contributed by atoms with van der Waals surface area (Å²) in [6.45, 7) is 0. The zero-order valence-corrected chi connectivity index (χ0v) is 74.0. The number of rotatable bonds is 10. The minimum absolute atomic E-state index is 0.631. The van der Waals surface area contributed by atoms with Gasteiger partial charge in [-0.15, -0.1) is 0 Å². The maximum absolute atomic E-state index is 6.39. The van der Waals surface area contributed by atoms with Crippen molar-refractivity contribution in [3.63, 3.8) is 0 Å². The van der Waals surface area contributed by atoms with Gasteiger partial charge in [0.1, 0.15) is 22.3 Å². The average molecular weight is 1760 g/mol. The molecule has 8 heterocycles. The van der Waals surface area contributed by atoms with E-state index in [9.17, 15) is 0 Å². The number of hydrogen-bond acceptors (Lipinski definition) is 8. The fourth-order valence-electron chi connectivity index (χ4n) is 22.0. The number of fused-ring (bicyclic) bond motifs is 30.